The minimum absolute atomic E-state index is 0.331. The molecule has 25 heavy (non-hydrogen) atoms. The summed E-state index contributed by atoms with van der Waals surface area (Å²) in [5.74, 6) is 0.359. The second kappa shape index (κ2) is 9.85. The Morgan fingerprint density at radius 3 is 2.84 bits per heavy atom. The summed E-state index contributed by atoms with van der Waals surface area (Å²) >= 11 is 1.44. The van der Waals surface area contributed by atoms with Gasteiger partial charge in [0.15, 0.2) is 6.61 Å². The molecule has 0 spiro atoms. The molecule has 0 bridgehead atoms. The second-order valence-electron chi connectivity index (χ2n) is 5.14. The largest absolute Gasteiger partial charge is 0.452 e. The van der Waals surface area contributed by atoms with Crippen LogP contribution in [-0.2, 0) is 20.0 Å². The first-order valence-corrected chi connectivity index (χ1v) is 8.65. The molecule has 1 amide bonds. The van der Waals surface area contributed by atoms with Gasteiger partial charge in [0.1, 0.15) is 5.76 Å². The molecule has 1 aromatic carbocycles. The zero-order valence-electron chi connectivity index (χ0n) is 14.1. The van der Waals surface area contributed by atoms with E-state index in [-0.39, 0.29) is 12.5 Å². The number of nitrogens with one attached hydrogen (secondary N) is 1. The van der Waals surface area contributed by atoms with Gasteiger partial charge in [0.05, 0.1) is 23.6 Å². The van der Waals surface area contributed by atoms with E-state index in [2.05, 4.69) is 10.5 Å². The van der Waals surface area contributed by atoms with Crippen LogP contribution in [0.2, 0.25) is 0 Å². The molecule has 0 aliphatic heterocycles. The van der Waals surface area contributed by atoms with Gasteiger partial charge >= 0.3 is 5.97 Å². The maximum absolute atomic E-state index is 12.2. The zero-order valence-corrected chi connectivity index (χ0v) is 14.9. The van der Waals surface area contributed by atoms with Gasteiger partial charge in [-0.05, 0) is 19.1 Å². The summed E-state index contributed by atoms with van der Waals surface area (Å²) in [6.07, 6.45) is 0. The van der Waals surface area contributed by atoms with Crippen LogP contribution in [0.15, 0.2) is 39.8 Å². The summed E-state index contributed by atoms with van der Waals surface area (Å²) in [7, 11) is 1.54. The molecule has 0 saturated carbocycles. The Labute approximate surface area is 150 Å². The summed E-state index contributed by atoms with van der Waals surface area (Å²) in [5.41, 5.74) is 1.22. The van der Waals surface area contributed by atoms with Gasteiger partial charge in [-0.3, -0.25) is 4.79 Å². The van der Waals surface area contributed by atoms with Crippen molar-refractivity contribution in [3.63, 3.8) is 0 Å². The van der Waals surface area contributed by atoms with Gasteiger partial charge in [-0.2, -0.15) is 0 Å². The van der Waals surface area contributed by atoms with Crippen molar-refractivity contribution in [1.29, 1.82) is 0 Å². The van der Waals surface area contributed by atoms with Crippen LogP contribution in [0, 0.1) is 6.92 Å². The van der Waals surface area contributed by atoms with E-state index in [0.29, 0.717) is 24.5 Å². The Kier molecular flexibility index (Phi) is 7.49. The number of rotatable bonds is 9. The fourth-order valence-electron chi connectivity index (χ4n) is 1.95. The lowest BCUT2D eigenvalue weighted by atomic mass is 10.2. The average molecular weight is 364 g/mol. The molecule has 0 radical (unpaired) electrons. The second-order valence-corrected chi connectivity index (χ2v) is 6.16. The number of amides is 1. The minimum Gasteiger partial charge on any atom is -0.452 e. The number of carbonyl (C=O) groups excluding carboxylic acids is 2. The van der Waals surface area contributed by atoms with Crippen LogP contribution in [-0.4, -0.2) is 43.9 Å². The molecule has 7 nitrogen and oxygen atoms in total. The van der Waals surface area contributed by atoms with Crippen molar-refractivity contribution in [2.45, 2.75) is 17.6 Å². The van der Waals surface area contributed by atoms with Crippen molar-refractivity contribution >= 4 is 23.6 Å². The number of thioether (sulfide) groups is 1. The van der Waals surface area contributed by atoms with Gasteiger partial charge in [0, 0.05) is 24.6 Å². The maximum atomic E-state index is 12.2. The highest BCUT2D eigenvalue weighted by atomic mass is 32.2. The Hall–Kier alpha value is -2.32. The maximum Gasteiger partial charge on any atom is 0.339 e. The van der Waals surface area contributed by atoms with Crippen LogP contribution in [0.3, 0.4) is 0 Å². The van der Waals surface area contributed by atoms with E-state index in [9.17, 15) is 9.59 Å². The lowest BCUT2D eigenvalue weighted by Crippen LogP contribution is -2.31. The monoisotopic (exact) mass is 364 g/mol. The van der Waals surface area contributed by atoms with Crippen molar-refractivity contribution < 1.29 is 23.6 Å². The predicted octanol–water partition coefficient (Wildman–Crippen LogP) is 2.19. The number of aromatic nitrogens is 1. The number of aryl methyl sites for hydroxylation is 1. The molecule has 8 heteroatoms. The first-order valence-electron chi connectivity index (χ1n) is 7.67. The molecule has 2 aromatic rings. The summed E-state index contributed by atoms with van der Waals surface area (Å²) in [6, 6.07) is 8.92. The number of benzene rings is 1. The molecule has 2 rings (SSSR count). The number of hydrogen-bond acceptors (Lipinski definition) is 7. The first-order chi connectivity index (χ1) is 12.1. The third-order valence-electron chi connectivity index (χ3n) is 3.12. The van der Waals surface area contributed by atoms with E-state index < -0.39 is 5.97 Å². The van der Waals surface area contributed by atoms with E-state index in [0.717, 1.165) is 16.3 Å². The van der Waals surface area contributed by atoms with Crippen LogP contribution < -0.4 is 5.32 Å². The highest BCUT2D eigenvalue weighted by Crippen LogP contribution is 2.27. The third kappa shape index (κ3) is 6.24. The van der Waals surface area contributed by atoms with Crippen LogP contribution in [0.1, 0.15) is 21.8 Å². The van der Waals surface area contributed by atoms with Gasteiger partial charge in [0.2, 0.25) is 0 Å². The highest BCUT2D eigenvalue weighted by molar-refractivity contribution is 7.98. The van der Waals surface area contributed by atoms with Crippen LogP contribution in [0.4, 0.5) is 0 Å². The first kappa shape index (κ1) is 19.0. The molecule has 0 aliphatic rings. The summed E-state index contributed by atoms with van der Waals surface area (Å²) in [4.78, 5) is 24.6. The van der Waals surface area contributed by atoms with E-state index in [1.165, 1.54) is 11.8 Å². The lowest BCUT2D eigenvalue weighted by molar-refractivity contribution is -0.124. The predicted molar refractivity (Wildman–Crippen MR) is 92.4 cm³/mol. The molecule has 1 N–H and O–H groups in total. The molecule has 1 aromatic heterocycles. The number of carbonyl (C=O) groups is 2. The van der Waals surface area contributed by atoms with Gasteiger partial charge < -0.3 is 19.3 Å². The normalized spacial score (nSPS) is 10.5. The summed E-state index contributed by atoms with van der Waals surface area (Å²) in [5, 5.41) is 6.42. The number of hydrogen-bond donors (Lipinski definition) is 1. The third-order valence-corrected chi connectivity index (χ3v) is 4.21. The molecule has 0 saturated heterocycles. The van der Waals surface area contributed by atoms with E-state index in [1.54, 1.807) is 19.2 Å². The van der Waals surface area contributed by atoms with Crippen LogP contribution in [0.5, 0.6) is 0 Å². The average Bonchev–Trinajstić information content (AvgIpc) is 3.04. The van der Waals surface area contributed by atoms with E-state index >= 15 is 0 Å². The minimum atomic E-state index is -0.543. The number of esters is 1. The standard InChI is InChI=1S/C17H20N2O5S/c1-12-9-13(24-19-12)11-25-15-6-4-3-5-14(15)17(21)23-10-16(20)18-7-8-22-2/h3-6,9H,7-8,10-11H2,1-2H3,(H,18,20). The number of ether oxygens (including phenoxy) is 2. The molecule has 134 valence electrons. The van der Waals surface area contributed by atoms with Crippen molar-refractivity contribution in [1.82, 2.24) is 10.5 Å². The Balaban J connectivity index is 1.89. The molecule has 0 atom stereocenters. The van der Waals surface area contributed by atoms with Gasteiger partial charge in [-0.1, -0.05) is 17.3 Å². The Bertz CT molecular complexity index is 717. The molecular formula is C17H20N2O5S. The SMILES string of the molecule is COCCNC(=O)COC(=O)c1ccccc1SCc1cc(C)no1. The quantitative estimate of drug-likeness (QED) is 0.414. The number of nitrogens with zero attached hydrogens (tertiary/aromatic N) is 1. The Morgan fingerprint density at radius 1 is 1.32 bits per heavy atom. The molecule has 0 aliphatic carbocycles. The number of methoxy groups -OCH3 is 1. The van der Waals surface area contributed by atoms with Crippen LogP contribution >= 0.6 is 11.8 Å². The smallest absolute Gasteiger partial charge is 0.339 e. The topological polar surface area (TPSA) is 90.7 Å². The van der Waals surface area contributed by atoms with Gasteiger partial charge in [0.25, 0.3) is 5.91 Å². The Morgan fingerprint density at radius 2 is 2.12 bits per heavy atom. The lowest BCUT2D eigenvalue weighted by Gasteiger charge is -2.09. The fourth-order valence-corrected chi connectivity index (χ4v) is 2.86. The highest BCUT2D eigenvalue weighted by Gasteiger charge is 2.15. The van der Waals surface area contributed by atoms with Crippen molar-refractivity contribution in [3.8, 4) is 0 Å². The summed E-state index contributed by atoms with van der Waals surface area (Å²) < 4.78 is 15.1. The molecule has 0 fully saturated rings. The summed E-state index contributed by atoms with van der Waals surface area (Å²) in [6.45, 7) is 2.29. The zero-order chi connectivity index (χ0) is 18.1. The van der Waals surface area contributed by atoms with Crippen molar-refractivity contribution in [2.75, 3.05) is 26.9 Å². The molecular weight excluding hydrogens is 344 g/mol. The van der Waals surface area contributed by atoms with Gasteiger partial charge in [-0.15, -0.1) is 11.8 Å². The van der Waals surface area contributed by atoms with E-state index in [4.69, 9.17) is 14.0 Å². The molecule has 0 unspecified atom stereocenters. The van der Waals surface area contributed by atoms with Crippen molar-refractivity contribution in [2.24, 2.45) is 0 Å². The van der Waals surface area contributed by atoms with E-state index in [1.807, 2.05) is 25.1 Å². The van der Waals surface area contributed by atoms with Crippen LogP contribution in [0.25, 0.3) is 0 Å². The fraction of sp³-hybridized carbons (Fsp3) is 0.353. The van der Waals surface area contributed by atoms with Gasteiger partial charge in [-0.25, -0.2) is 4.79 Å². The van der Waals surface area contributed by atoms with Crippen molar-refractivity contribution in [3.05, 3.63) is 47.3 Å². The molecule has 1 heterocycles.